The summed E-state index contributed by atoms with van der Waals surface area (Å²) in [6, 6.07) is 7.85. The molecule has 0 aliphatic rings. The van der Waals surface area contributed by atoms with Crippen molar-refractivity contribution < 1.29 is 9.15 Å². The molecule has 1 aromatic carbocycles. The van der Waals surface area contributed by atoms with Crippen LogP contribution in [0, 0.1) is 5.92 Å². The van der Waals surface area contributed by atoms with E-state index in [9.17, 15) is 0 Å². The van der Waals surface area contributed by atoms with Gasteiger partial charge < -0.3 is 14.5 Å². The van der Waals surface area contributed by atoms with Crippen molar-refractivity contribution in [2.24, 2.45) is 5.92 Å². The molecule has 0 bridgehead atoms. The maximum Gasteiger partial charge on any atom is 0.208 e. The Morgan fingerprint density at radius 3 is 2.65 bits per heavy atom. The Balaban J connectivity index is 1.97. The number of rotatable bonds is 7. The molecule has 0 aliphatic heterocycles. The van der Waals surface area contributed by atoms with E-state index >= 15 is 0 Å². The molecule has 108 valence electrons. The first-order chi connectivity index (χ1) is 9.69. The van der Waals surface area contributed by atoms with Crippen molar-refractivity contribution in [1.82, 2.24) is 10.3 Å². The molecule has 0 atom stereocenters. The third-order valence-electron chi connectivity index (χ3n) is 2.83. The van der Waals surface area contributed by atoms with Gasteiger partial charge in [0.15, 0.2) is 5.76 Å². The van der Waals surface area contributed by atoms with Gasteiger partial charge in [0.1, 0.15) is 5.75 Å². The van der Waals surface area contributed by atoms with Gasteiger partial charge in [-0.2, -0.15) is 0 Å². The Hall–Kier alpha value is -1.81. The van der Waals surface area contributed by atoms with Crippen LogP contribution in [-0.4, -0.2) is 18.1 Å². The van der Waals surface area contributed by atoms with E-state index in [2.05, 4.69) is 24.1 Å². The fourth-order valence-corrected chi connectivity index (χ4v) is 1.88. The summed E-state index contributed by atoms with van der Waals surface area (Å²) < 4.78 is 11.2. The lowest BCUT2D eigenvalue weighted by Crippen LogP contribution is -2.18. The normalized spacial score (nSPS) is 11.0. The molecule has 0 radical (unpaired) electrons. The van der Waals surface area contributed by atoms with Gasteiger partial charge in [-0.3, -0.25) is 0 Å². The molecule has 4 nitrogen and oxygen atoms in total. The first-order valence-electron chi connectivity index (χ1n) is 7.07. The van der Waals surface area contributed by atoms with Crippen LogP contribution in [0.3, 0.4) is 0 Å². The van der Waals surface area contributed by atoms with Crippen LogP contribution in [0.5, 0.6) is 5.75 Å². The molecule has 0 amide bonds. The summed E-state index contributed by atoms with van der Waals surface area (Å²) in [4.78, 5) is 4.29. The third kappa shape index (κ3) is 4.10. The van der Waals surface area contributed by atoms with Crippen LogP contribution in [0.25, 0.3) is 11.3 Å². The highest BCUT2D eigenvalue weighted by atomic mass is 16.5. The van der Waals surface area contributed by atoms with Crippen LogP contribution in [0.4, 0.5) is 0 Å². The minimum absolute atomic E-state index is 0.621. The summed E-state index contributed by atoms with van der Waals surface area (Å²) in [5.74, 6) is 2.99. The van der Waals surface area contributed by atoms with Gasteiger partial charge in [0.25, 0.3) is 0 Å². The third-order valence-corrected chi connectivity index (χ3v) is 2.83. The zero-order chi connectivity index (χ0) is 14.4. The highest BCUT2D eigenvalue weighted by Crippen LogP contribution is 2.23. The lowest BCUT2D eigenvalue weighted by Gasteiger charge is -2.04. The zero-order valence-electron chi connectivity index (χ0n) is 12.3. The molecule has 0 unspecified atom stereocenters. The van der Waals surface area contributed by atoms with Crippen LogP contribution >= 0.6 is 0 Å². The Morgan fingerprint density at radius 2 is 2.00 bits per heavy atom. The molecule has 0 saturated heterocycles. The zero-order valence-corrected chi connectivity index (χ0v) is 12.3. The first kappa shape index (κ1) is 14.6. The Labute approximate surface area is 120 Å². The second-order valence-electron chi connectivity index (χ2n) is 5.10. The van der Waals surface area contributed by atoms with Crippen molar-refractivity contribution in [2.75, 3.05) is 13.2 Å². The van der Waals surface area contributed by atoms with Crippen LogP contribution < -0.4 is 10.1 Å². The Bertz CT molecular complexity index is 518. The fourth-order valence-electron chi connectivity index (χ4n) is 1.88. The molecule has 1 heterocycles. The van der Waals surface area contributed by atoms with Crippen molar-refractivity contribution >= 4 is 0 Å². The maximum atomic E-state index is 5.74. The van der Waals surface area contributed by atoms with Gasteiger partial charge in [-0.1, -0.05) is 13.8 Å². The smallest absolute Gasteiger partial charge is 0.208 e. The predicted octanol–water partition coefficient (Wildman–Crippen LogP) is 3.49. The molecular weight excluding hydrogens is 252 g/mol. The predicted molar refractivity (Wildman–Crippen MR) is 79.7 cm³/mol. The Morgan fingerprint density at radius 1 is 1.25 bits per heavy atom. The van der Waals surface area contributed by atoms with Crippen molar-refractivity contribution in [3.63, 3.8) is 0 Å². The molecule has 0 saturated carbocycles. The van der Waals surface area contributed by atoms with E-state index in [1.807, 2.05) is 31.2 Å². The quantitative estimate of drug-likeness (QED) is 0.839. The number of benzene rings is 1. The summed E-state index contributed by atoms with van der Waals surface area (Å²) in [6.45, 7) is 8.62. The van der Waals surface area contributed by atoms with E-state index in [1.54, 1.807) is 6.20 Å². The van der Waals surface area contributed by atoms with Gasteiger partial charge in [-0.05, 0) is 43.7 Å². The standard InChI is InChI=1S/C16H22N2O2/c1-4-19-14-7-5-13(6-8-14)15-10-18-16(20-15)11-17-9-12(2)3/h5-8,10,12,17H,4,9,11H2,1-3H3. The molecule has 1 N–H and O–H groups in total. The first-order valence-corrected chi connectivity index (χ1v) is 7.07. The number of nitrogens with one attached hydrogen (secondary N) is 1. The van der Waals surface area contributed by atoms with Crippen molar-refractivity contribution in [2.45, 2.75) is 27.3 Å². The minimum Gasteiger partial charge on any atom is -0.494 e. The van der Waals surface area contributed by atoms with Gasteiger partial charge in [-0.25, -0.2) is 4.98 Å². The number of ether oxygens (including phenoxy) is 1. The van der Waals surface area contributed by atoms with E-state index in [-0.39, 0.29) is 0 Å². The SMILES string of the molecule is CCOc1ccc(-c2cnc(CNCC(C)C)o2)cc1. The van der Waals surface area contributed by atoms with Gasteiger partial charge in [0, 0.05) is 5.56 Å². The average Bonchev–Trinajstić information content (AvgIpc) is 2.88. The number of hydrogen-bond donors (Lipinski definition) is 1. The van der Waals surface area contributed by atoms with Crippen LogP contribution in [-0.2, 0) is 6.54 Å². The molecule has 0 spiro atoms. The molecule has 4 heteroatoms. The second-order valence-corrected chi connectivity index (χ2v) is 5.10. The topological polar surface area (TPSA) is 47.3 Å². The van der Waals surface area contributed by atoms with Gasteiger partial charge in [0.2, 0.25) is 5.89 Å². The number of nitrogens with zero attached hydrogens (tertiary/aromatic N) is 1. The highest BCUT2D eigenvalue weighted by Gasteiger charge is 2.06. The average molecular weight is 274 g/mol. The molecule has 2 rings (SSSR count). The van der Waals surface area contributed by atoms with Crippen LogP contribution in [0.1, 0.15) is 26.7 Å². The minimum atomic E-state index is 0.621. The largest absolute Gasteiger partial charge is 0.494 e. The summed E-state index contributed by atoms with van der Waals surface area (Å²) in [6.07, 6.45) is 1.77. The van der Waals surface area contributed by atoms with Crippen LogP contribution in [0.2, 0.25) is 0 Å². The number of oxazole rings is 1. The second kappa shape index (κ2) is 7.10. The van der Waals surface area contributed by atoms with Crippen molar-refractivity contribution in [3.05, 3.63) is 36.4 Å². The number of aromatic nitrogens is 1. The van der Waals surface area contributed by atoms with Gasteiger partial charge >= 0.3 is 0 Å². The van der Waals surface area contributed by atoms with E-state index in [0.717, 1.165) is 29.5 Å². The van der Waals surface area contributed by atoms with Crippen molar-refractivity contribution in [1.29, 1.82) is 0 Å². The summed E-state index contributed by atoms with van der Waals surface area (Å²) >= 11 is 0. The van der Waals surface area contributed by atoms with E-state index in [1.165, 1.54) is 0 Å². The van der Waals surface area contributed by atoms with E-state index in [4.69, 9.17) is 9.15 Å². The summed E-state index contributed by atoms with van der Waals surface area (Å²) in [5, 5.41) is 3.32. The van der Waals surface area contributed by atoms with Crippen LogP contribution in [0.15, 0.2) is 34.9 Å². The highest BCUT2D eigenvalue weighted by molar-refractivity contribution is 5.57. The summed E-state index contributed by atoms with van der Waals surface area (Å²) in [5.41, 5.74) is 1.01. The Kier molecular flexibility index (Phi) is 5.18. The van der Waals surface area contributed by atoms with E-state index in [0.29, 0.717) is 19.1 Å². The molecular formula is C16H22N2O2. The fraction of sp³-hybridized carbons (Fsp3) is 0.438. The maximum absolute atomic E-state index is 5.74. The number of hydrogen-bond acceptors (Lipinski definition) is 4. The molecule has 20 heavy (non-hydrogen) atoms. The monoisotopic (exact) mass is 274 g/mol. The van der Waals surface area contributed by atoms with Gasteiger partial charge in [0.05, 0.1) is 19.3 Å². The molecule has 2 aromatic rings. The van der Waals surface area contributed by atoms with Gasteiger partial charge in [-0.15, -0.1) is 0 Å². The molecule has 0 aliphatic carbocycles. The summed E-state index contributed by atoms with van der Waals surface area (Å²) in [7, 11) is 0. The lowest BCUT2D eigenvalue weighted by atomic mass is 10.2. The van der Waals surface area contributed by atoms with E-state index < -0.39 is 0 Å². The molecule has 1 aromatic heterocycles. The molecule has 0 fully saturated rings. The van der Waals surface area contributed by atoms with Crippen molar-refractivity contribution in [3.8, 4) is 17.1 Å². The lowest BCUT2D eigenvalue weighted by molar-refractivity contribution is 0.340.